The van der Waals surface area contributed by atoms with Gasteiger partial charge in [0.2, 0.25) is 0 Å². The summed E-state index contributed by atoms with van der Waals surface area (Å²) in [7, 11) is 0. The molecule has 1 aromatic carbocycles. The van der Waals surface area contributed by atoms with Gasteiger partial charge in [-0.2, -0.15) is 0 Å². The standard InChI is InChI=1S/C13H18Cl3NO/c1-11-10-12(18-9-6-16)2-3-13(11)17(7-4-14)8-5-15/h2-3,10H,4-9H2,1H3. The third-order valence-electron chi connectivity index (χ3n) is 2.56. The van der Waals surface area contributed by atoms with Gasteiger partial charge < -0.3 is 9.64 Å². The first-order valence-electron chi connectivity index (χ1n) is 5.89. The molecule has 5 heteroatoms. The Labute approximate surface area is 124 Å². The predicted molar refractivity (Wildman–Crippen MR) is 81.0 cm³/mol. The smallest absolute Gasteiger partial charge is 0.119 e. The number of rotatable bonds is 8. The van der Waals surface area contributed by atoms with Crippen molar-refractivity contribution in [2.75, 3.05) is 42.2 Å². The van der Waals surface area contributed by atoms with Gasteiger partial charge in [-0.25, -0.2) is 0 Å². The van der Waals surface area contributed by atoms with Gasteiger partial charge in [0.05, 0.1) is 5.88 Å². The highest BCUT2D eigenvalue weighted by Crippen LogP contribution is 2.25. The first-order valence-corrected chi connectivity index (χ1v) is 7.49. The molecule has 0 saturated carbocycles. The number of nitrogens with zero attached hydrogens (tertiary/aromatic N) is 1. The van der Waals surface area contributed by atoms with Crippen LogP contribution in [0.2, 0.25) is 0 Å². The van der Waals surface area contributed by atoms with E-state index in [9.17, 15) is 0 Å². The summed E-state index contributed by atoms with van der Waals surface area (Å²) in [5.41, 5.74) is 2.30. The summed E-state index contributed by atoms with van der Waals surface area (Å²) in [4.78, 5) is 2.18. The summed E-state index contributed by atoms with van der Waals surface area (Å²) in [6.07, 6.45) is 0. The Morgan fingerprint density at radius 3 is 2.22 bits per heavy atom. The van der Waals surface area contributed by atoms with E-state index in [0.29, 0.717) is 24.2 Å². The Morgan fingerprint density at radius 2 is 1.72 bits per heavy atom. The highest BCUT2D eigenvalue weighted by molar-refractivity contribution is 6.18. The minimum Gasteiger partial charge on any atom is -0.492 e. The van der Waals surface area contributed by atoms with Crippen LogP contribution in [0.3, 0.4) is 0 Å². The van der Waals surface area contributed by atoms with Gasteiger partial charge >= 0.3 is 0 Å². The maximum absolute atomic E-state index is 5.81. The van der Waals surface area contributed by atoms with Crippen molar-refractivity contribution in [1.29, 1.82) is 0 Å². The summed E-state index contributed by atoms with van der Waals surface area (Å²) < 4.78 is 5.49. The molecule has 18 heavy (non-hydrogen) atoms. The summed E-state index contributed by atoms with van der Waals surface area (Å²) in [6.45, 7) is 4.15. The zero-order valence-corrected chi connectivity index (χ0v) is 12.7. The fourth-order valence-electron chi connectivity index (χ4n) is 1.79. The highest BCUT2D eigenvalue weighted by Gasteiger charge is 2.09. The fraction of sp³-hybridized carbons (Fsp3) is 0.538. The second-order valence-corrected chi connectivity index (χ2v) is 4.98. The molecular weight excluding hydrogens is 293 g/mol. The van der Waals surface area contributed by atoms with Crippen molar-refractivity contribution in [2.45, 2.75) is 6.92 Å². The van der Waals surface area contributed by atoms with Crippen molar-refractivity contribution in [2.24, 2.45) is 0 Å². The number of alkyl halides is 3. The van der Waals surface area contributed by atoms with Crippen molar-refractivity contribution >= 4 is 40.5 Å². The first-order chi connectivity index (χ1) is 8.72. The SMILES string of the molecule is Cc1cc(OCCCl)ccc1N(CCCl)CCCl. The maximum Gasteiger partial charge on any atom is 0.119 e. The normalized spacial score (nSPS) is 10.4. The monoisotopic (exact) mass is 309 g/mol. The molecule has 0 fully saturated rings. The van der Waals surface area contributed by atoms with Gasteiger partial charge in [-0.05, 0) is 30.7 Å². The summed E-state index contributed by atoms with van der Waals surface area (Å²) in [6, 6.07) is 6.00. The van der Waals surface area contributed by atoms with Crippen molar-refractivity contribution in [3.63, 3.8) is 0 Å². The Hall–Kier alpha value is -0.310. The van der Waals surface area contributed by atoms with Gasteiger partial charge in [0, 0.05) is 30.5 Å². The van der Waals surface area contributed by atoms with Crippen LogP contribution in [0.15, 0.2) is 18.2 Å². The molecule has 0 unspecified atom stereocenters. The van der Waals surface area contributed by atoms with Crippen LogP contribution in [-0.4, -0.2) is 37.3 Å². The summed E-state index contributed by atoms with van der Waals surface area (Å²) in [5, 5.41) is 0. The Kier molecular flexibility index (Phi) is 7.64. The van der Waals surface area contributed by atoms with E-state index in [0.717, 1.165) is 30.1 Å². The molecule has 0 saturated heterocycles. The Balaban J connectivity index is 2.81. The van der Waals surface area contributed by atoms with Gasteiger partial charge in [0.25, 0.3) is 0 Å². The van der Waals surface area contributed by atoms with Crippen LogP contribution < -0.4 is 9.64 Å². The fourth-order valence-corrected chi connectivity index (χ4v) is 2.27. The van der Waals surface area contributed by atoms with Crippen molar-refractivity contribution in [3.05, 3.63) is 23.8 Å². The molecule has 2 nitrogen and oxygen atoms in total. The molecule has 0 atom stereocenters. The number of ether oxygens (including phenoxy) is 1. The van der Waals surface area contributed by atoms with E-state index in [-0.39, 0.29) is 0 Å². The second-order valence-electron chi connectivity index (χ2n) is 3.85. The molecule has 0 spiro atoms. The predicted octanol–water partition coefficient (Wildman–Crippen LogP) is 3.90. The van der Waals surface area contributed by atoms with E-state index in [1.807, 2.05) is 18.2 Å². The van der Waals surface area contributed by atoms with Crippen LogP contribution in [0, 0.1) is 6.92 Å². The van der Waals surface area contributed by atoms with Gasteiger partial charge in [0.1, 0.15) is 12.4 Å². The molecule has 0 aliphatic rings. The van der Waals surface area contributed by atoms with Crippen LogP contribution in [0.25, 0.3) is 0 Å². The zero-order valence-electron chi connectivity index (χ0n) is 10.5. The summed E-state index contributed by atoms with van der Waals surface area (Å²) >= 11 is 17.2. The second kappa shape index (κ2) is 8.73. The highest BCUT2D eigenvalue weighted by atomic mass is 35.5. The van der Waals surface area contributed by atoms with Crippen LogP contribution in [-0.2, 0) is 0 Å². The van der Waals surface area contributed by atoms with Gasteiger partial charge in [-0.1, -0.05) is 0 Å². The lowest BCUT2D eigenvalue weighted by Gasteiger charge is -2.25. The lowest BCUT2D eigenvalue weighted by Crippen LogP contribution is -2.28. The first kappa shape index (κ1) is 15.7. The number of hydrogen-bond acceptors (Lipinski definition) is 2. The topological polar surface area (TPSA) is 12.5 Å². The minimum absolute atomic E-state index is 0.491. The van der Waals surface area contributed by atoms with Crippen molar-refractivity contribution < 1.29 is 4.74 Å². The average Bonchev–Trinajstić information content (AvgIpc) is 2.36. The number of benzene rings is 1. The van der Waals surface area contributed by atoms with E-state index in [1.54, 1.807) is 0 Å². The van der Waals surface area contributed by atoms with Crippen LogP contribution >= 0.6 is 34.8 Å². The largest absolute Gasteiger partial charge is 0.492 e. The van der Waals surface area contributed by atoms with Crippen molar-refractivity contribution in [1.82, 2.24) is 0 Å². The van der Waals surface area contributed by atoms with Gasteiger partial charge in [0.15, 0.2) is 0 Å². The van der Waals surface area contributed by atoms with Crippen LogP contribution in [0.1, 0.15) is 5.56 Å². The quantitative estimate of drug-likeness (QED) is 0.675. The van der Waals surface area contributed by atoms with Gasteiger partial charge in [-0.15, -0.1) is 34.8 Å². The molecule has 1 aromatic rings. The molecule has 0 bridgehead atoms. The molecule has 0 aromatic heterocycles. The van der Waals surface area contributed by atoms with E-state index < -0.39 is 0 Å². The maximum atomic E-state index is 5.81. The lowest BCUT2D eigenvalue weighted by atomic mass is 10.1. The molecular formula is C13H18Cl3NO. The molecule has 0 N–H and O–H groups in total. The molecule has 0 amide bonds. The van der Waals surface area contributed by atoms with Crippen LogP contribution in [0.4, 0.5) is 5.69 Å². The molecule has 1 rings (SSSR count). The molecule has 0 radical (unpaired) electrons. The summed E-state index contributed by atoms with van der Waals surface area (Å²) in [5.74, 6) is 2.50. The lowest BCUT2D eigenvalue weighted by molar-refractivity contribution is 0.342. The number of hydrogen-bond donors (Lipinski definition) is 0. The zero-order chi connectivity index (χ0) is 13.4. The number of halogens is 3. The number of aryl methyl sites for hydroxylation is 1. The van der Waals surface area contributed by atoms with E-state index >= 15 is 0 Å². The Morgan fingerprint density at radius 1 is 1.06 bits per heavy atom. The van der Waals surface area contributed by atoms with Gasteiger partial charge in [-0.3, -0.25) is 0 Å². The Bertz CT molecular complexity index is 354. The van der Waals surface area contributed by atoms with Crippen molar-refractivity contribution in [3.8, 4) is 5.75 Å². The number of anilines is 1. The molecule has 0 aliphatic heterocycles. The molecule has 0 aliphatic carbocycles. The molecule has 0 heterocycles. The van der Waals surface area contributed by atoms with E-state index in [4.69, 9.17) is 39.5 Å². The third kappa shape index (κ3) is 4.75. The minimum atomic E-state index is 0.491. The van der Waals surface area contributed by atoms with Crippen LogP contribution in [0.5, 0.6) is 5.75 Å². The third-order valence-corrected chi connectivity index (χ3v) is 3.06. The van der Waals surface area contributed by atoms with E-state index in [2.05, 4.69) is 11.8 Å². The van der Waals surface area contributed by atoms with E-state index in [1.165, 1.54) is 0 Å². The molecule has 102 valence electrons. The average molecular weight is 311 g/mol.